The van der Waals surface area contributed by atoms with Gasteiger partial charge in [-0.1, -0.05) is 6.92 Å². The van der Waals surface area contributed by atoms with Crippen molar-refractivity contribution < 1.29 is 0 Å². The van der Waals surface area contributed by atoms with Crippen LogP contribution >= 0.6 is 0 Å². The van der Waals surface area contributed by atoms with Gasteiger partial charge in [0.15, 0.2) is 0 Å². The number of nitrogens with zero attached hydrogens (tertiary/aromatic N) is 1. The van der Waals surface area contributed by atoms with E-state index < -0.39 is 0 Å². The number of hydrogen-bond acceptors (Lipinski definition) is 2. The van der Waals surface area contributed by atoms with Crippen molar-refractivity contribution in [2.45, 2.75) is 48.1 Å². The SMILES string of the molecule is CCNCc1cncc(-c2c(C)c(C)c(C)c(C)c2C)c1. The third-order valence-corrected chi connectivity index (χ3v) is 4.66. The highest BCUT2D eigenvalue weighted by Gasteiger charge is 2.14. The Labute approximate surface area is 128 Å². The molecule has 2 aromatic rings. The van der Waals surface area contributed by atoms with Crippen LogP contribution in [0.5, 0.6) is 0 Å². The fourth-order valence-corrected chi connectivity index (χ4v) is 2.92. The van der Waals surface area contributed by atoms with Gasteiger partial charge >= 0.3 is 0 Å². The number of hydrogen-bond donors (Lipinski definition) is 1. The molecule has 0 radical (unpaired) electrons. The summed E-state index contributed by atoms with van der Waals surface area (Å²) in [6.45, 7) is 15.1. The number of pyridine rings is 1. The lowest BCUT2D eigenvalue weighted by atomic mass is 9.86. The van der Waals surface area contributed by atoms with Crippen LogP contribution in [0.3, 0.4) is 0 Å². The van der Waals surface area contributed by atoms with Gasteiger partial charge in [0.05, 0.1) is 0 Å². The molecule has 1 aromatic heterocycles. The van der Waals surface area contributed by atoms with Crippen molar-refractivity contribution in [2.75, 3.05) is 6.54 Å². The van der Waals surface area contributed by atoms with Gasteiger partial charge in [0.2, 0.25) is 0 Å². The van der Waals surface area contributed by atoms with E-state index in [1.807, 2.05) is 12.4 Å². The standard InChI is InChI=1S/C19H26N2/c1-7-20-9-17-8-18(11-21-10-17)19-15(5)13(3)12(2)14(4)16(19)6/h8,10-11,20H,7,9H2,1-6H3. The van der Waals surface area contributed by atoms with Crippen molar-refractivity contribution in [2.24, 2.45) is 0 Å². The predicted octanol–water partition coefficient (Wildman–Crippen LogP) is 4.40. The second kappa shape index (κ2) is 6.40. The van der Waals surface area contributed by atoms with Crippen LogP contribution in [0.25, 0.3) is 11.1 Å². The van der Waals surface area contributed by atoms with Gasteiger partial charge in [-0.05, 0) is 86.2 Å². The maximum absolute atomic E-state index is 4.44. The third kappa shape index (κ3) is 3.01. The largest absolute Gasteiger partial charge is 0.313 e. The first kappa shape index (κ1) is 15.7. The molecule has 0 saturated heterocycles. The van der Waals surface area contributed by atoms with Gasteiger partial charge in [-0.25, -0.2) is 0 Å². The minimum absolute atomic E-state index is 0.874. The Bertz CT molecular complexity index is 628. The summed E-state index contributed by atoms with van der Waals surface area (Å²) in [6.07, 6.45) is 3.93. The zero-order chi connectivity index (χ0) is 15.6. The van der Waals surface area contributed by atoms with E-state index in [2.05, 4.69) is 57.9 Å². The van der Waals surface area contributed by atoms with Gasteiger partial charge in [-0.2, -0.15) is 0 Å². The molecule has 0 unspecified atom stereocenters. The van der Waals surface area contributed by atoms with E-state index in [4.69, 9.17) is 0 Å². The summed E-state index contributed by atoms with van der Waals surface area (Å²) in [5, 5.41) is 3.36. The lowest BCUT2D eigenvalue weighted by molar-refractivity contribution is 0.724. The molecule has 0 fully saturated rings. The summed E-state index contributed by atoms with van der Waals surface area (Å²) in [6, 6.07) is 2.26. The number of nitrogens with one attached hydrogen (secondary N) is 1. The van der Waals surface area contributed by atoms with E-state index >= 15 is 0 Å². The molecule has 0 aliphatic heterocycles. The smallest absolute Gasteiger partial charge is 0.0346 e. The van der Waals surface area contributed by atoms with Crippen LogP contribution in [-0.2, 0) is 6.54 Å². The Morgan fingerprint density at radius 1 is 0.857 bits per heavy atom. The Morgan fingerprint density at radius 2 is 1.43 bits per heavy atom. The Morgan fingerprint density at radius 3 is 2.00 bits per heavy atom. The molecular weight excluding hydrogens is 256 g/mol. The molecule has 1 aromatic carbocycles. The van der Waals surface area contributed by atoms with Crippen molar-refractivity contribution >= 4 is 0 Å². The molecule has 0 saturated carbocycles. The van der Waals surface area contributed by atoms with Crippen molar-refractivity contribution in [3.8, 4) is 11.1 Å². The molecule has 0 bridgehead atoms. The summed E-state index contributed by atoms with van der Waals surface area (Å²) >= 11 is 0. The number of benzene rings is 1. The number of aromatic nitrogens is 1. The van der Waals surface area contributed by atoms with Crippen LogP contribution in [0.2, 0.25) is 0 Å². The molecule has 1 N–H and O–H groups in total. The summed E-state index contributed by atoms with van der Waals surface area (Å²) in [7, 11) is 0. The van der Waals surface area contributed by atoms with Crippen molar-refractivity contribution in [3.63, 3.8) is 0 Å². The van der Waals surface area contributed by atoms with Crippen LogP contribution in [-0.4, -0.2) is 11.5 Å². The molecule has 0 aliphatic rings. The summed E-state index contributed by atoms with van der Waals surface area (Å²) in [4.78, 5) is 4.44. The van der Waals surface area contributed by atoms with E-state index in [1.165, 1.54) is 44.5 Å². The Balaban J connectivity index is 2.57. The predicted molar refractivity (Wildman–Crippen MR) is 90.7 cm³/mol. The zero-order valence-corrected chi connectivity index (χ0v) is 14.1. The van der Waals surface area contributed by atoms with Gasteiger partial charge in [0.25, 0.3) is 0 Å². The molecule has 0 amide bonds. The van der Waals surface area contributed by atoms with Crippen LogP contribution in [0, 0.1) is 34.6 Å². The first-order chi connectivity index (χ1) is 9.97. The minimum Gasteiger partial charge on any atom is -0.313 e. The topological polar surface area (TPSA) is 24.9 Å². The third-order valence-electron chi connectivity index (χ3n) is 4.66. The van der Waals surface area contributed by atoms with E-state index in [0.29, 0.717) is 0 Å². The van der Waals surface area contributed by atoms with Crippen LogP contribution in [0.1, 0.15) is 40.3 Å². The highest BCUT2D eigenvalue weighted by Crippen LogP contribution is 2.33. The van der Waals surface area contributed by atoms with Gasteiger partial charge in [0, 0.05) is 24.5 Å². The van der Waals surface area contributed by atoms with Gasteiger partial charge in [-0.15, -0.1) is 0 Å². The number of rotatable bonds is 4. The van der Waals surface area contributed by atoms with Gasteiger partial charge < -0.3 is 5.32 Å². The maximum atomic E-state index is 4.44. The van der Waals surface area contributed by atoms with Crippen LogP contribution in [0.15, 0.2) is 18.5 Å². The van der Waals surface area contributed by atoms with Crippen LogP contribution < -0.4 is 5.32 Å². The van der Waals surface area contributed by atoms with E-state index in [-0.39, 0.29) is 0 Å². The first-order valence-corrected chi connectivity index (χ1v) is 7.69. The van der Waals surface area contributed by atoms with Crippen molar-refractivity contribution in [1.82, 2.24) is 10.3 Å². The monoisotopic (exact) mass is 282 g/mol. The normalized spacial score (nSPS) is 11.0. The average molecular weight is 282 g/mol. The van der Waals surface area contributed by atoms with Crippen molar-refractivity contribution in [3.05, 3.63) is 51.8 Å². The van der Waals surface area contributed by atoms with E-state index in [0.717, 1.165) is 13.1 Å². The molecule has 2 rings (SSSR count). The quantitative estimate of drug-likeness (QED) is 0.899. The van der Waals surface area contributed by atoms with Gasteiger partial charge in [0.1, 0.15) is 0 Å². The van der Waals surface area contributed by atoms with Gasteiger partial charge in [-0.3, -0.25) is 4.98 Å². The second-order valence-corrected chi connectivity index (χ2v) is 5.86. The first-order valence-electron chi connectivity index (χ1n) is 7.69. The zero-order valence-electron chi connectivity index (χ0n) is 14.1. The fourth-order valence-electron chi connectivity index (χ4n) is 2.92. The molecule has 2 heteroatoms. The molecule has 0 spiro atoms. The summed E-state index contributed by atoms with van der Waals surface area (Å²) < 4.78 is 0. The molecule has 112 valence electrons. The minimum atomic E-state index is 0.874. The summed E-state index contributed by atoms with van der Waals surface area (Å²) in [5.74, 6) is 0. The lowest BCUT2D eigenvalue weighted by Crippen LogP contribution is -2.12. The highest BCUT2D eigenvalue weighted by atomic mass is 14.8. The van der Waals surface area contributed by atoms with Crippen molar-refractivity contribution in [1.29, 1.82) is 0 Å². The van der Waals surface area contributed by atoms with E-state index in [1.54, 1.807) is 0 Å². The molecular formula is C19H26N2. The molecule has 0 aliphatic carbocycles. The molecule has 0 atom stereocenters. The Kier molecular flexibility index (Phi) is 4.79. The average Bonchev–Trinajstić information content (AvgIpc) is 2.49. The molecule has 1 heterocycles. The maximum Gasteiger partial charge on any atom is 0.0346 e. The molecule has 2 nitrogen and oxygen atoms in total. The second-order valence-electron chi connectivity index (χ2n) is 5.86. The van der Waals surface area contributed by atoms with E-state index in [9.17, 15) is 0 Å². The Hall–Kier alpha value is -1.67. The lowest BCUT2D eigenvalue weighted by Gasteiger charge is -2.19. The highest BCUT2D eigenvalue weighted by molar-refractivity contribution is 5.74. The summed E-state index contributed by atoms with van der Waals surface area (Å²) in [5.41, 5.74) is 10.8. The van der Waals surface area contributed by atoms with Crippen LogP contribution in [0.4, 0.5) is 0 Å². The fraction of sp³-hybridized carbons (Fsp3) is 0.421. The molecule has 21 heavy (non-hydrogen) atoms.